The van der Waals surface area contributed by atoms with Crippen LogP contribution in [0.15, 0.2) is 18.2 Å². The van der Waals surface area contributed by atoms with Gasteiger partial charge in [0.15, 0.2) is 5.82 Å². The molecule has 0 saturated carbocycles. The third-order valence-corrected chi connectivity index (χ3v) is 3.49. The summed E-state index contributed by atoms with van der Waals surface area (Å²) in [6.45, 7) is 11.3. The molecule has 20 heavy (non-hydrogen) atoms. The Morgan fingerprint density at radius 1 is 1.00 bits per heavy atom. The highest BCUT2D eigenvalue weighted by atomic mass is 15.0. The number of hydrogen-bond donors (Lipinski definition) is 1. The molecule has 0 unspecified atom stereocenters. The van der Waals surface area contributed by atoms with Gasteiger partial charge in [-0.05, 0) is 39.7 Å². The SMILES string of the molecule is CCCNc1nc(C)c(C)nc1-c1ccc(C)cc1C. The highest BCUT2D eigenvalue weighted by molar-refractivity contribution is 5.74. The van der Waals surface area contributed by atoms with Crippen LogP contribution in [0.1, 0.15) is 35.9 Å². The predicted octanol–water partition coefficient (Wildman–Crippen LogP) is 4.20. The van der Waals surface area contributed by atoms with Crippen LogP contribution in [0.25, 0.3) is 11.3 Å². The van der Waals surface area contributed by atoms with E-state index in [1.165, 1.54) is 11.1 Å². The van der Waals surface area contributed by atoms with E-state index in [-0.39, 0.29) is 0 Å². The first-order valence-electron chi connectivity index (χ1n) is 7.19. The Morgan fingerprint density at radius 2 is 1.70 bits per heavy atom. The van der Waals surface area contributed by atoms with Gasteiger partial charge in [-0.3, -0.25) is 0 Å². The monoisotopic (exact) mass is 269 g/mol. The minimum absolute atomic E-state index is 0.891. The molecule has 0 atom stereocenters. The zero-order chi connectivity index (χ0) is 14.7. The largest absolute Gasteiger partial charge is 0.368 e. The Balaban J connectivity index is 2.55. The second-order valence-electron chi connectivity index (χ2n) is 5.34. The quantitative estimate of drug-likeness (QED) is 0.904. The van der Waals surface area contributed by atoms with Crippen molar-refractivity contribution in [1.29, 1.82) is 0 Å². The fraction of sp³-hybridized carbons (Fsp3) is 0.412. The van der Waals surface area contributed by atoms with Crippen molar-refractivity contribution >= 4 is 5.82 Å². The maximum Gasteiger partial charge on any atom is 0.152 e. The lowest BCUT2D eigenvalue weighted by Gasteiger charge is -2.14. The van der Waals surface area contributed by atoms with Gasteiger partial charge >= 0.3 is 0 Å². The molecule has 1 N–H and O–H groups in total. The van der Waals surface area contributed by atoms with Crippen molar-refractivity contribution in [1.82, 2.24) is 9.97 Å². The minimum atomic E-state index is 0.891. The van der Waals surface area contributed by atoms with Crippen LogP contribution in [0.4, 0.5) is 5.82 Å². The average molecular weight is 269 g/mol. The molecule has 3 nitrogen and oxygen atoms in total. The second kappa shape index (κ2) is 6.04. The highest BCUT2D eigenvalue weighted by Crippen LogP contribution is 2.28. The minimum Gasteiger partial charge on any atom is -0.368 e. The molecule has 1 heterocycles. The number of nitrogens with zero attached hydrogens (tertiary/aromatic N) is 2. The highest BCUT2D eigenvalue weighted by Gasteiger charge is 2.13. The Labute approximate surface area is 121 Å². The molecule has 0 aliphatic carbocycles. The summed E-state index contributed by atoms with van der Waals surface area (Å²) in [5.41, 5.74) is 6.59. The zero-order valence-electron chi connectivity index (χ0n) is 13.0. The molecule has 0 fully saturated rings. The summed E-state index contributed by atoms with van der Waals surface area (Å²) in [7, 11) is 0. The van der Waals surface area contributed by atoms with Crippen LogP contribution in [0.2, 0.25) is 0 Å². The third-order valence-electron chi connectivity index (χ3n) is 3.49. The maximum atomic E-state index is 4.76. The van der Waals surface area contributed by atoms with Crippen LogP contribution in [0, 0.1) is 27.7 Å². The number of rotatable bonds is 4. The van der Waals surface area contributed by atoms with Crippen LogP contribution in [0.5, 0.6) is 0 Å². The fourth-order valence-electron chi connectivity index (χ4n) is 2.24. The molecular formula is C17H23N3. The van der Waals surface area contributed by atoms with Crippen LogP contribution >= 0.6 is 0 Å². The topological polar surface area (TPSA) is 37.8 Å². The van der Waals surface area contributed by atoms with Crippen molar-refractivity contribution in [3.05, 3.63) is 40.7 Å². The van der Waals surface area contributed by atoms with Gasteiger partial charge in [0.1, 0.15) is 5.69 Å². The third kappa shape index (κ3) is 2.98. The number of benzene rings is 1. The second-order valence-corrected chi connectivity index (χ2v) is 5.34. The van der Waals surface area contributed by atoms with Gasteiger partial charge in [0.05, 0.1) is 11.4 Å². The predicted molar refractivity (Wildman–Crippen MR) is 85.2 cm³/mol. The molecule has 0 aliphatic rings. The van der Waals surface area contributed by atoms with Gasteiger partial charge in [0, 0.05) is 12.1 Å². The smallest absolute Gasteiger partial charge is 0.152 e. The van der Waals surface area contributed by atoms with E-state index in [0.29, 0.717) is 0 Å². The Kier molecular flexibility index (Phi) is 4.38. The first-order chi connectivity index (χ1) is 9.52. The molecule has 0 amide bonds. The molecule has 0 bridgehead atoms. The summed E-state index contributed by atoms with van der Waals surface area (Å²) in [6.07, 6.45) is 1.07. The van der Waals surface area contributed by atoms with Gasteiger partial charge in [0.25, 0.3) is 0 Å². The molecule has 0 radical (unpaired) electrons. The molecular weight excluding hydrogens is 246 g/mol. The Morgan fingerprint density at radius 3 is 2.35 bits per heavy atom. The van der Waals surface area contributed by atoms with E-state index in [4.69, 9.17) is 4.98 Å². The first kappa shape index (κ1) is 14.5. The van der Waals surface area contributed by atoms with Crippen molar-refractivity contribution in [2.75, 3.05) is 11.9 Å². The van der Waals surface area contributed by atoms with Gasteiger partial charge in [0.2, 0.25) is 0 Å². The van der Waals surface area contributed by atoms with E-state index < -0.39 is 0 Å². The van der Waals surface area contributed by atoms with E-state index in [2.05, 4.69) is 49.3 Å². The lowest BCUT2D eigenvalue weighted by Crippen LogP contribution is -2.08. The number of hydrogen-bond acceptors (Lipinski definition) is 3. The average Bonchev–Trinajstić information content (AvgIpc) is 2.40. The number of anilines is 1. The Hall–Kier alpha value is -1.90. The Bertz CT molecular complexity index is 618. The van der Waals surface area contributed by atoms with E-state index in [9.17, 15) is 0 Å². The van der Waals surface area contributed by atoms with Crippen molar-refractivity contribution in [2.45, 2.75) is 41.0 Å². The van der Waals surface area contributed by atoms with Crippen molar-refractivity contribution < 1.29 is 0 Å². The summed E-state index contributed by atoms with van der Waals surface area (Å²) >= 11 is 0. The van der Waals surface area contributed by atoms with E-state index in [0.717, 1.165) is 41.4 Å². The summed E-state index contributed by atoms with van der Waals surface area (Å²) in [4.78, 5) is 9.44. The normalized spacial score (nSPS) is 10.7. The van der Waals surface area contributed by atoms with Gasteiger partial charge < -0.3 is 5.32 Å². The zero-order valence-corrected chi connectivity index (χ0v) is 13.0. The molecule has 1 aromatic heterocycles. The molecule has 106 valence electrons. The van der Waals surface area contributed by atoms with Gasteiger partial charge in [-0.15, -0.1) is 0 Å². The maximum absolute atomic E-state index is 4.76. The van der Waals surface area contributed by atoms with Crippen LogP contribution in [-0.4, -0.2) is 16.5 Å². The molecule has 0 aliphatic heterocycles. The van der Waals surface area contributed by atoms with Crippen molar-refractivity contribution in [2.24, 2.45) is 0 Å². The van der Waals surface area contributed by atoms with Crippen molar-refractivity contribution in [3.63, 3.8) is 0 Å². The van der Waals surface area contributed by atoms with Crippen LogP contribution in [0.3, 0.4) is 0 Å². The summed E-state index contributed by atoms with van der Waals surface area (Å²) in [5, 5.41) is 3.40. The lowest BCUT2D eigenvalue weighted by atomic mass is 10.0. The standard InChI is InChI=1S/C17H23N3/c1-6-9-18-17-16(19-13(4)14(5)20-17)15-8-7-11(2)10-12(15)3/h7-8,10H,6,9H2,1-5H3,(H,18,20). The number of aromatic nitrogens is 2. The summed E-state index contributed by atoms with van der Waals surface area (Å²) < 4.78 is 0. The fourth-order valence-corrected chi connectivity index (χ4v) is 2.24. The molecule has 3 heteroatoms. The lowest BCUT2D eigenvalue weighted by molar-refractivity contribution is 0.953. The van der Waals surface area contributed by atoms with E-state index in [1.807, 2.05) is 13.8 Å². The molecule has 0 spiro atoms. The number of aryl methyl sites for hydroxylation is 4. The van der Waals surface area contributed by atoms with Crippen LogP contribution in [-0.2, 0) is 0 Å². The molecule has 1 aromatic carbocycles. The van der Waals surface area contributed by atoms with E-state index in [1.54, 1.807) is 0 Å². The molecule has 2 rings (SSSR count). The van der Waals surface area contributed by atoms with Gasteiger partial charge in [-0.1, -0.05) is 30.7 Å². The number of nitrogens with one attached hydrogen (secondary N) is 1. The van der Waals surface area contributed by atoms with Crippen molar-refractivity contribution in [3.8, 4) is 11.3 Å². The van der Waals surface area contributed by atoms with Gasteiger partial charge in [-0.25, -0.2) is 9.97 Å². The summed E-state index contributed by atoms with van der Waals surface area (Å²) in [5.74, 6) is 0.891. The molecule has 2 aromatic rings. The first-order valence-corrected chi connectivity index (χ1v) is 7.19. The molecule has 0 saturated heterocycles. The van der Waals surface area contributed by atoms with Gasteiger partial charge in [-0.2, -0.15) is 0 Å². The van der Waals surface area contributed by atoms with E-state index >= 15 is 0 Å². The van der Waals surface area contributed by atoms with Crippen LogP contribution < -0.4 is 5.32 Å². The summed E-state index contributed by atoms with van der Waals surface area (Å²) in [6, 6.07) is 6.46.